The van der Waals surface area contributed by atoms with Crippen molar-refractivity contribution >= 4 is 10.4 Å². The zero-order valence-corrected chi connectivity index (χ0v) is 5.43. The minimum atomic E-state index is -3.58. The number of hydrogen-bond donors (Lipinski definition) is 0. The molecule has 0 aromatic heterocycles. The molecule has 0 spiro atoms. The standard InChI is InChI=1S/C4H6O4S/c5-9(6)7-3-1-2-4(3)8-9/h3-4H,1-2H2/t3-,4+. The molecule has 1 saturated carbocycles. The number of hydrogen-bond acceptors (Lipinski definition) is 4. The Balaban J connectivity index is 2.25. The van der Waals surface area contributed by atoms with Gasteiger partial charge in [-0.3, -0.25) is 0 Å². The van der Waals surface area contributed by atoms with Crippen molar-refractivity contribution in [2.75, 3.05) is 0 Å². The lowest BCUT2D eigenvalue weighted by Crippen LogP contribution is -2.33. The molecule has 52 valence electrons. The molecule has 2 rings (SSSR count). The quantitative estimate of drug-likeness (QED) is 0.480. The van der Waals surface area contributed by atoms with E-state index in [0.29, 0.717) is 0 Å². The van der Waals surface area contributed by atoms with Crippen LogP contribution >= 0.6 is 0 Å². The molecular formula is C4H6O4S. The van der Waals surface area contributed by atoms with Crippen LogP contribution in [0.1, 0.15) is 12.8 Å². The van der Waals surface area contributed by atoms with Crippen LogP contribution in [0.5, 0.6) is 0 Å². The molecule has 5 heteroatoms. The molecule has 0 bridgehead atoms. The Morgan fingerprint density at radius 3 is 1.78 bits per heavy atom. The maximum absolute atomic E-state index is 10.4. The summed E-state index contributed by atoms with van der Waals surface area (Å²) in [6.07, 6.45) is 1.28. The van der Waals surface area contributed by atoms with E-state index in [1.165, 1.54) is 0 Å². The van der Waals surface area contributed by atoms with Crippen LogP contribution in [-0.2, 0) is 18.8 Å². The highest BCUT2D eigenvalue weighted by Gasteiger charge is 2.46. The first-order valence-electron chi connectivity index (χ1n) is 2.79. The first-order chi connectivity index (χ1) is 4.17. The summed E-state index contributed by atoms with van der Waals surface area (Å²) in [5.74, 6) is 0. The van der Waals surface area contributed by atoms with Crippen molar-refractivity contribution in [1.29, 1.82) is 0 Å². The van der Waals surface area contributed by atoms with E-state index in [2.05, 4.69) is 8.37 Å². The highest BCUT2D eigenvalue weighted by Crippen LogP contribution is 2.35. The lowest BCUT2D eigenvalue weighted by molar-refractivity contribution is 0.0620. The van der Waals surface area contributed by atoms with Gasteiger partial charge in [0.25, 0.3) is 0 Å². The molecule has 9 heavy (non-hydrogen) atoms. The Kier molecular flexibility index (Phi) is 0.924. The van der Waals surface area contributed by atoms with Crippen LogP contribution in [0.25, 0.3) is 0 Å². The predicted octanol–water partition coefficient (Wildman–Crippen LogP) is -0.191. The molecule has 0 amide bonds. The van der Waals surface area contributed by atoms with Crippen molar-refractivity contribution in [1.82, 2.24) is 0 Å². The lowest BCUT2D eigenvalue weighted by Gasteiger charge is -2.22. The molecular weight excluding hydrogens is 144 g/mol. The van der Waals surface area contributed by atoms with Gasteiger partial charge in [-0.2, -0.15) is 8.42 Å². The van der Waals surface area contributed by atoms with Gasteiger partial charge >= 0.3 is 10.4 Å². The first-order valence-corrected chi connectivity index (χ1v) is 4.12. The van der Waals surface area contributed by atoms with E-state index in [-0.39, 0.29) is 12.2 Å². The summed E-state index contributed by atoms with van der Waals surface area (Å²) in [6, 6.07) is 0. The minimum absolute atomic E-state index is 0.171. The maximum atomic E-state index is 10.4. The third-order valence-electron chi connectivity index (χ3n) is 1.63. The molecule has 0 radical (unpaired) electrons. The Hall–Kier alpha value is -0.130. The molecule has 1 aliphatic heterocycles. The predicted molar refractivity (Wildman–Crippen MR) is 27.9 cm³/mol. The van der Waals surface area contributed by atoms with Crippen molar-refractivity contribution in [3.05, 3.63) is 0 Å². The van der Waals surface area contributed by atoms with Crippen molar-refractivity contribution in [2.24, 2.45) is 0 Å². The second kappa shape index (κ2) is 1.47. The average Bonchev–Trinajstić information content (AvgIpc) is 1.90. The molecule has 0 unspecified atom stereocenters. The molecule has 2 atom stereocenters. The SMILES string of the molecule is O=S1(=O)O[C@H]2CC[C@H]2O1. The maximum Gasteiger partial charge on any atom is 0.400 e. The summed E-state index contributed by atoms with van der Waals surface area (Å²) in [4.78, 5) is 0. The summed E-state index contributed by atoms with van der Waals surface area (Å²) in [5, 5.41) is 0. The molecule has 0 N–H and O–H groups in total. The minimum Gasteiger partial charge on any atom is -0.242 e. The molecule has 2 aliphatic rings. The summed E-state index contributed by atoms with van der Waals surface area (Å²) < 4.78 is 29.9. The highest BCUT2D eigenvalue weighted by atomic mass is 32.3. The number of fused-ring (bicyclic) bond motifs is 1. The summed E-state index contributed by atoms with van der Waals surface area (Å²) >= 11 is 0. The molecule has 1 saturated heterocycles. The van der Waals surface area contributed by atoms with Crippen LogP contribution in [0, 0.1) is 0 Å². The molecule has 1 heterocycles. The molecule has 1 aliphatic carbocycles. The van der Waals surface area contributed by atoms with E-state index >= 15 is 0 Å². The Morgan fingerprint density at radius 1 is 1.11 bits per heavy atom. The normalized spacial score (nSPS) is 45.8. The van der Waals surface area contributed by atoms with Crippen LogP contribution in [0.4, 0.5) is 0 Å². The van der Waals surface area contributed by atoms with Crippen LogP contribution < -0.4 is 0 Å². The summed E-state index contributed by atoms with van der Waals surface area (Å²) in [7, 11) is -3.58. The van der Waals surface area contributed by atoms with Gasteiger partial charge in [-0.15, -0.1) is 0 Å². The first kappa shape index (κ1) is 5.64. The topological polar surface area (TPSA) is 52.6 Å². The van der Waals surface area contributed by atoms with E-state index in [1.807, 2.05) is 0 Å². The van der Waals surface area contributed by atoms with Gasteiger partial charge in [-0.1, -0.05) is 0 Å². The highest BCUT2D eigenvalue weighted by molar-refractivity contribution is 7.82. The monoisotopic (exact) mass is 150 g/mol. The van der Waals surface area contributed by atoms with Crippen molar-refractivity contribution in [3.8, 4) is 0 Å². The fourth-order valence-corrected chi connectivity index (χ4v) is 2.08. The van der Waals surface area contributed by atoms with E-state index in [9.17, 15) is 8.42 Å². The van der Waals surface area contributed by atoms with E-state index in [0.717, 1.165) is 12.8 Å². The fraction of sp³-hybridized carbons (Fsp3) is 1.00. The average molecular weight is 150 g/mol. The van der Waals surface area contributed by atoms with Crippen LogP contribution in [-0.4, -0.2) is 20.6 Å². The number of rotatable bonds is 0. The third-order valence-corrected chi connectivity index (χ3v) is 2.60. The Morgan fingerprint density at radius 2 is 1.56 bits per heavy atom. The summed E-state index contributed by atoms with van der Waals surface area (Å²) in [6.45, 7) is 0. The van der Waals surface area contributed by atoms with Crippen LogP contribution in [0.2, 0.25) is 0 Å². The van der Waals surface area contributed by atoms with Crippen molar-refractivity contribution in [3.63, 3.8) is 0 Å². The molecule has 4 nitrogen and oxygen atoms in total. The smallest absolute Gasteiger partial charge is 0.242 e. The van der Waals surface area contributed by atoms with E-state index in [4.69, 9.17) is 0 Å². The molecule has 2 fully saturated rings. The van der Waals surface area contributed by atoms with Crippen LogP contribution in [0.3, 0.4) is 0 Å². The lowest BCUT2D eigenvalue weighted by atomic mass is 9.93. The summed E-state index contributed by atoms with van der Waals surface area (Å²) in [5.41, 5.74) is 0. The van der Waals surface area contributed by atoms with Gasteiger partial charge in [-0.05, 0) is 12.8 Å². The van der Waals surface area contributed by atoms with E-state index < -0.39 is 10.4 Å². The zero-order chi connectivity index (χ0) is 6.48. The van der Waals surface area contributed by atoms with Crippen LogP contribution in [0.15, 0.2) is 0 Å². The fourth-order valence-electron chi connectivity index (χ4n) is 0.984. The van der Waals surface area contributed by atoms with Crippen molar-refractivity contribution < 1.29 is 16.8 Å². The second-order valence-corrected chi connectivity index (χ2v) is 3.46. The Labute approximate surface area is 53.1 Å². The van der Waals surface area contributed by atoms with Gasteiger partial charge in [0.2, 0.25) is 0 Å². The Bertz CT molecular complexity index is 201. The zero-order valence-electron chi connectivity index (χ0n) is 4.61. The van der Waals surface area contributed by atoms with Gasteiger partial charge < -0.3 is 0 Å². The largest absolute Gasteiger partial charge is 0.400 e. The van der Waals surface area contributed by atoms with Gasteiger partial charge in [0.05, 0.1) is 0 Å². The molecule has 0 aromatic rings. The van der Waals surface area contributed by atoms with Gasteiger partial charge in [0, 0.05) is 0 Å². The third kappa shape index (κ3) is 0.762. The van der Waals surface area contributed by atoms with Gasteiger partial charge in [0.15, 0.2) is 0 Å². The second-order valence-electron chi connectivity index (χ2n) is 2.25. The molecule has 0 aromatic carbocycles. The van der Waals surface area contributed by atoms with Gasteiger partial charge in [0.1, 0.15) is 12.2 Å². The van der Waals surface area contributed by atoms with E-state index in [1.54, 1.807) is 0 Å². The van der Waals surface area contributed by atoms with Gasteiger partial charge in [-0.25, -0.2) is 8.37 Å². The van der Waals surface area contributed by atoms with Crippen molar-refractivity contribution in [2.45, 2.75) is 25.0 Å².